The number of carbonyl (C=O) groups is 1. The molecule has 0 saturated carbocycles. The number of thiophene rings is 1. The van der Waals surface area contributed by atoms with Crippen LogP contribution in [0.4, 0.5) is 17.2 Å². The van der Waals surface area contributed by atoms with Gasteiger partial charge in [-0.1, -0.05) is 0 Å². The molecule has 8 heteroatoms. The van der Waals surface area contributed by atoms with Crippen LogP contribution in [0.5, 0.6) is 0 Å². The molecule has 0 radical (unpaired) electrons. The minimum absolute atomic E-state index is 0.334. The normalized spacial score (nSPS) is 15.0. The predicted molar refractivity (Wildman–Crippen MR) is 113 cm³/mol. The molecule has 28 heavy (non-hydrogen) atoms. The molecule has 0 aliphatic carbocycles. The molecule has 1 aliphatic rings. The second-order valence-electron chi connectivity index (χ2n) is 6.73. The van der Waals surface area contributed by atoms with Gasteiger partial charge >= 0.3 is 5.97 Å². The Morgan fingerprint density at radius 3 is 2.64 bits per heavy atom. The fourth-order valence-electron chi connectivity index (χ4n) is 3.29. The number of likely N-dealkylation sites (N-methyl/N-ethyl adjacent to an activating group) is 1. The summed E-state index contributed by atoms with van der Waals surface area (Å²) in [5.41, 5.74) is 2.63. The third-order valence-electron chi connectivity index (χ3n) is 4.86. The molecule has 0 spiro atoms. The minimum Gasteiger partial charge on any atom is -0.462 e. The van der Waals surface area contributed by atoms with Crippen LogP contribution in [0.25, 0.3) is 10.2 Å². The minimum atomic E-state index is -0.350. The SMILES string of the molecule is CCOC(=O)c1csc2ncnc(Nc3ccc(N4CCN(C)CC4)cc3)c12. The van der Waals surface area contributed by atoms with E-state index in [2.05, 4.69) is 44.3 Å². The second kappa shape index (κ2) is 8.12. The molecule has 1 N–H and O–H groups in total. The maximum Gasteiger partial charge on any atom is 0.339 e. The van der Waals surface area contributed by atoms with Crippen molar-refractivity contribution in [2.24, 2.45) is 0 Å². The maximum atomic E-state index is 12.3. The highest BCUT2D eigenvalue weighted by molar-refractivity contribution is 7.17. The number of aromatic nitrogens is 2. The third-order valence-corrected chi connectivity index (χ3v) is 5.75. The van der Waals surface area contributed by atoms with Gasteiger partial charge in [0.1, 0.15) is 17.0 Å². The molecule has 1 aromatic carbocycles. The summed E-state index contributed by atoms with van der Waals surface area (Å²) in [6, 6.07) is 8.31. The van der Waals surface area contributed by atoms with Crippen LogP contribution < -0.4 is 10.2 Å². The molecular weight excluding hydrogens is 374 g/mol. The van der Waals surface area contributed by atoms with Gasteiger partial charge in [-0.25, -0.2) is 14.8 Å². The van der Waals surface area contributed by atoms with E-state index in [1.807, 2.05) is 12.1 Å². The zero-order valence-electron chi connectivity index (χ0n) is 16.0. The van der Waals surface area contributed by atoms with Crippen molar-refractivity contribution >= 4 is 44.7 Å². The van der Waals surface area contributed by atoms with Gasteiger partial charge in [-0.2, -0.15) is 0 Å². The van der Waals surface area contributed by atoms with E-state index in [9.17, 15) is 4.79 Å². The van der Waals surface area contributed by atoms with Crippen molar-refractivity contribution in [3.63, 3.8) is 0 Å². The van der Waals surface area contributed by atoms with Crippen LogP contribution in [0.15, 0.2) is 36.0 Å². The molecule has 0 atom stereocenters. The van der Waals surface area contributed by atoms with Crippen molar-refractivity contribution in [1.82, 2.24) is 14.9 Å². The fraction of sp³-hybridized carbons (Fsp3) is 0.350. The summed E-state index contributed by atoms with van der Waals surface area (Å²) in [7, 11) is 2.15. The number of benzene rings is 1. The first kappa shape index (κ1) is 18.6. The van der Waals surface area contributed by atoms with Gasteiger partial charge in [0.15, 0.2) is 0 Å². The van der Waals surface area contributed by atoms with Gasteiger partial charge in [-0.3, -0.25) is 0 Å². The summed E-state index contributed by atoms with van der Waals surface area (Å²) >= 11 is 1.41. The fourth-order valence-corrected chi connectivity index (χ4v) is 4.16. The number of ether oxygens (including phenoxy) is 1. The van der Waals surface area contributed by atoms with Crippen molar-refractivity contribution in [3.05, 3.63) is 41.5 Å². The Balaban J connectivity index is 1.56. The van der Waals surface area contributed by atoms with E-state index in [0.29, 0.717) is 23.4 Å². The van der Waals surface area contributed by atoms with E-state index in [1.165, 1.54) is 23.4 Å². The lowest BCUT2D eigenvalue weighted by atomic mass is 10.2. The maximum absolute atomic E-state index is 12.3. The molecule has 146 valence electrons. The van der Waals surface area contributed by atoms with Gasteiger partial charge in [0.05, 0.1) is 17.6 Å². The number of nitrogens with one attached hydrogen (secondary N) is 1. The van der Waals surface area contributed by atoms with E-state index < -0.39 is 0 Å². The lowest BCUT2D eigenvalue weighted by Crippen LogP contribution is -2.44. The molecule has 1 fully saturated rings. The number of anilines is 3. The second-order valence-corrected chi connectivity index (χ2v) is 7.59. The number of piperazine rings is 1. The van der Waals surface area contributed by atoms with E-state index in [1.54, 1.807) is 12.3 Å². The Morgan fingerprint density at radius 1 is 1.18 bits per heavy atom. The van der Waals surface area contributed by atoms with E-state index in [-0.39, 0.29) is 5.97 Å². The zero-order valence-corrected chi connectivity index (χ0v) is 16.8. The van der Waals surface area contributed by atoms with Crippen molar-refractivity contribution in [2.75, 3.05) is 50.1 Å². The molecule has 0 amide bonds. The average molecular weight is 398 g/mol. The van der Waals surface area contributed by atoms with Gasteiger partial charge < -0.3 is 19.9 Å². The van der Waals surface area contributed by atoms with E-state index in [4.69, 9.17) is 4.74 Å². The Kier molecular flexibility index (Phi) is 5.40. The van der Waals surface area contributed by atoms with E-state index >= 15 is 0 Å². The van der Waals surface area contributed by atoms with Gasteiger partial charge in [-0.05, 0) is 38.2 Å². The van der Waals surface area contributed by atoms with Gasteiger partial charge in [0.2, 0.25) is 0 Å². The molecule has 0 unspecified atom stereocenters. The third kappa shape index (κ3) is 3.79. The first-order valence-electron chi connectivity index (χ1n) is 9.35. The molecular formula is C20H23N5O2S. The predicted octanol–water partition coefficient (Wildman–Crippen LogP) is 3.36. The lowest BCUT2D eigenvalue weighted by molar-refractivity contribution is 0.0529. The first-order chi connectivity index (χ1) is 13.7. The molecule has 1 saturated heterocycles. The highest BCUT2D eigenvalue weighted by atomic mass is 32.1. The number of hydrogen-bond donors (Lipinski definition) is 1. The molecule has 7 nitrogen and oxygen atoms in total. The standard InChI is InChI=1S/C20H23N5O2S/c1-3-27-20(26)16-12-28-19-17(16)18(21-13-22-19)23-14-4-6-15(7-5-14)25-10-8-24(2)9-11-25/h4-7,12-13H,3,8-11H2,1-2H3,(H,21,22,23). The van der Waals surface area contributed by atoms with Crippen molar-refractivity contribution < 1.29 is 9.53 Å². The monoisotopic (exact) mass is 397 g/mol. The average Bonchev–Trinajstić information content (AvgIpc) is 3.15. The van der Waals surface area contributed by atoms with Crippen molar-refractivity contribution in [1.29, 1.82) is 0 Å². The summed E-state index contributed by atoms with van der Waals surface area (Å²) in [6.45, 7) is 6.35. The number of esters is 1. The Morgan fingerprint density at radius 2 is 1.93 bits per heavy atom. The van der Waals surface area contributed by atoms with Crippen LogP contribution in [-0.2, 0) is 4.74 Å². The molecule has 2 aromatic heterocycles. The number of carbonyl (C=O) groups excluding carboxylic acids is 1. The summed E-state index contributed by atoms with van der Waals surface area (Å²) in [5, 5.41) is 5.81. The van der Waals surface area contributed by atoms with Crippen LogP contribution in [0.2, 0.25) is 0 Å². The van der Waals surface area contributed by atoms with Crippen LogP contribution in [0, 0.1) is 0 Å². The first-order valence-corrected chi connectivity index (χ1v) is 10.2. The largest absolute Gasteiger partial charge is 0.462 e. The summed E-state index contributed by atoms with van der Waals surface area (Å²) in [6.07, 6.45) is 1.51. The summed E-state index contributed by atoms with van der Waals surface area (Å²) in [5.74, 6) is 0.263. The van der Waals surface area contributed by atoms with E-state index in [0.717, 1.165) is 36.7 Å². The van der Waals surface area contributed by atoms with Crippen LogP contribution in [-0.4, -0.2) is 60.7 Å². The highest BCUT2D eigenvalue weighted by Crippen LogP contribution is 2.32. The molecule has 4 rings (SSSR count). The number of fused-ring (bicyclic) bond motifs is 1. The van der Waals surface area contributed by atoms with Crippen LogP contribution in [0.1, 0.15) is 17.3 Å². The quantitative estimate of drug-likeness (QED) is 0.662. The van der Waals surface area contributed by atoms with Crippen LogP contribution >= 0.6 is 11.3 Å². The van der Waals surface area contributed by atoms with Gasteiger partial charge in [0.25, 0.3) is 0 Å². The lowest BCUT2D eigenvalue weighted by Gasteiger charge is -2.34. The molecule has 0 bridgehead atoms. The molecule has 3 heterocycles. The number of hydrogen-bond acceptors (Lipinski definition) is 8. The molecule has 1 aliphatic heterocycles. The summed E-state index contributed by atoms with van der Waals surface area (Å²) < 4.78 is 5.17. The number of nitrogens with zero attached hydrogens (tertiary/aromatic N) is 4. The van der Waals surface area contributed by atoms with Crippen LogP contribution in [0.3, 0.4) is 0 Å². The Bertz CT molecular complexity index is 964. The Labute approximate surface area is 168 Å². The smallest absolute Gasteiger partial charge is 0.339 e. The zero-order chi connectivity index (χ0) is 19.5. The van der Waals surface area contributed by atoms with Gasteiger partial charge in [-0.15, -0.1) is 11.3 Å². The molecule has 3 aromatic rings. The Hall–Kier alpha value is -2.71. The topological polar surface area (TPSA) is 70.6 Å². The highest BCUT2D eigenvalue weighted by Gasteiger charge is 2.19. The van der Waals surface area contributed by atoms with Crippen molar-refractivity contribution in [2.45, 2.75) is 6.92 Å². The van der Waals surface area contributed by atoms with Gasteiger partial charge in [0, 0.05) is 42.9 Å². The van der Waals surface area contributed by atoms with Crippen molar-refractivity contribution in [3.8, 4) is 0 Å². The summed E-state index contributed by atoms with van der Waals surface area (Å²) in [4.78, 5) is 26.4. The number of rotatable bonds is 5.